The minimum absolute atomic E-state index is 0.271. The molecule has 3 aromatic rings. The van der Waals surface area contributed by atoms with Crippen LogP contribution >= 0.6 is 0 Å². The second kappa shape index (κ2) is 6.64. The molecule has 0 saturated carbocycles. The molecule has 6 nitrogen and oxygen atoms in total. The Morgan fingerprint density at radius 2 is 2.00 bits per heavy atom. The van der Waals surface area contributed by atoms with Gasteiger partial charge in [0.2, 0.25) is 5.88 Å². The quantitative estimate of drug-likeness (QED) is 0.792. The van der Waals surface area contributed by atoms with Gasteiger partial charge in [-0.2, -0.15) is 0 Å². The van der Waals surface area contributed by atoms with Crippen molar-refractivity contribution < 1.29 is 6.11 Å². The zero-order chi connectivity index (χ0) is 18.1. The summed E-state index contributed by atoms with van der Waals surface area (Å²) in [5.41, 5.74) is 2.80. The Morgan fingerprint density at radius 1 is 1.16 bits per heavy atom. The molecular formula is C19H21N5O. The van der Waals surface area contributed by atoms with Gasteiger partial charge in [0, 0.05) is 49.4 Å². The van der Waals surface area contributed by atoms with Crippen molar-refractivity contribution in [1.29, 1.82) is 0 Å². The van der Waals surface area contributed by atoms with Crippen LogP contribution in [0.15, 0.2) is 36.5 Å². The number of pyridine rings is 1. The first-order valence-electron chi connectivity index (χ1n) is 8.91. The molecule has 0 aliphatic carbocycles. The predicted octanol–water partition coefficient (Wildman–Crippen LogP) is 2.42. The molecule has 0 bridgehead atoms. The average molecular weight is 336 g/mol. The fourth-order valence-electron chi connectivity index (χ4n) is 3.13. The number of piperazine rings is 1. The zero-order valence-electron chi connectivity index (χ0n) is 15.4. The van der Waals surface area contributed by atoms with Gasteiger partial charge in [-0.3, -0.25) is 0 Å². The fraction of sp³-hybridized carbons (Fsp3) is 0.316. The molecule has 1 aliphatic rings. The van der Waals surface area contributed by atoms with Crippen molar-refractivity contribution in [2.75, 3.05) is 38.2 Å². The molecule has 1 saturated heterocycles. The van der Waals surface area contributed by atoms with Gasteiger partial charge in [-0.25, -0.2) is 15.0 Å². The molecule has 0 amide bonds. The number of aryl methyl sites for hydroxylation is 1. The van der Waals surface area contributed by atoms with Gasteiger partial charge in [0.15, 0.2) is 0 Å². The summed E-state index contributed by atoms with van der Waals surface area (Å²) in [6, 6.07) is 8.16. The van der Waals surface area contributed by atoms with E-state index in [1.54, 1.807) is 12.3 Å². The Labute approximate surface area is 148 Å². The zero-order valence-corrected chi connectivity index (χ0v) is 14.4. The van der Waals surface area contributed by atoms with Gasteiger partial charge < -0.3 is 15.0 Å². The van der Waals surface area contributed by atoms with Crippen molar-refractivity contribution in [2.45, 2.75) is 6.92 Å². The van der Waals surface area contributed by atoms with Crippen LogP contribution in [0, 0.1) is 6.92 Å². The van der Waals surface area contributed by atoms with Crippen LogP contribution in [0.25, 0.3) is 22.0 Å². The summed E-state index contributed by atoms with van der Waals surface area (Å²) in [4.78, 5) is 15.8. The number of ether oxygens (including phenoxy) is 1. The molecule has 0 spiro atoms. The van der Waals surface area contributed by atoms with Crippen LogP contribution in [-0.4, -0.2) is 48.2 Å². The predicted molar refractivity (Wildman–Crippen MR) is 99.1 cm³/mol. The Kier molecular flexibility index (Phi) is 3.88. The van der Waals surface area contributed by atoms with Gasteiger partial charge in [-0.1, -0.05) is 6.07 Å². The summed E-state index contributed by atoms with van der Waals surface area (Å²) in [7, 11) is 1.52. The number of hydrogen-bond donors (Lipinski definition) is 1. The van der Waals surface area contributed by atoms with Crippen LogP contribution in [0.2, 0.25) is 0 Å². The maximum atomic E-state index is 8.03. The smallest absolute Gasteiger partial charge is 0.212 e. The molecule has 3 heterocycles. The second-order valence-electron chi connectivity index (χ2n) is 6.07. The highest BCUT2D eigenvalue weighted by molar-refractivity contribution is 5.93. The molecule has 25 heavy (non-hydrogen) atoms. The molecule has 0 radical (unpaired) electrons. The van der Waals surface area contributed by atoms with E-state index in [2.05, 4.69) is 26.3 Å². The number of nitrogens with zero attached hydrogens (tertiary/aromatic N) is 4. The number of methoxy groups -OCH3 is 1. The molecule has 2 aromatic heterocycles. The van der Waals surface area contributed by atoms with Gasteiger partial charge in [0.05, 0.1) is 14.0 Å². The summed E-state index contributed by atoms with van der Waals surface area (Å²) in [5, 5.41) is 4.40. The number of benzene rings is 1. The summed E-state index contributed by atoms with van der Waals surface area (Å²) in [5.74, 6) is 2.08. The number of anilines is 1. The lowest BCUT2D eigenvalue weighted by atomic mass is 10.0. The van der Waals surface area contributed by atoms with Crippen molar-refractivity contribution in [3.63, 3.8) is 0 Å². The average Bonchev–Trinajstić information content (AvgIpc) is 2.67. The second-order valence-corrected chi connectivity index (χ2v) is 6.07. The standard InChI is InChI=1S/C19H21N5O/c1-13-22-17-5-3-14(15-4-6-18(25-2)21-12-15)11-16(17)19(23-13)24-9-7-20-8-10-24/h3-6,11-12,20H,7-10H2,1-2H3/i6D. The molecule has 1 aromatic carbocycles. The third-order valence-corrected chi connectivity index (χ3v) is 4.40. The molecule has 0 atom stereocenters. The first kappa shape index (κ1) is 14.6. The highest BCUT2D eigenvalue weighted by atomic mass is 16.5. The van der Waals surface area contributed by atoms with Gasteiger partial charge in [-0.15, -0.1) is 0 Å². The van der Waals surface area contributed by atoms with Crippen LogP contribution in [-0.2, 0) is 0 Å². The first-order chi connectivity index (χ1) is 12.7. The Balaban J connectivity index is 1.83. The molecular weight excluding hydrogens is 314 g/mol. The molecule has 1 fully saturated rings. The van der Waals surface area contributed by atoms with E-state index in [0.29, 0.717) is 5.88 Å². The van der Waals surface area contributed by atoms with Crippen LogP contribution < -0.4 is 15.0 Å². The Bertz CT molecular complexity index is 956. The van der Waals surface area contributed by atoms with E-state index in [-0.39, 0.29) is 6.04 Å². The molecule has 6 heteroatoms. The lowest BCUT2D eigenvalue weighted by Crippen LogP contribution is -2.44. The molecule has 1 aliphatic heterocycles. The van der Waals surface area contributed by atoms with Gasteiger partial charge >= 0.3 is 0 Å². The Hall–Kier alpha value is -2.73. The van der Waals surface area contributed by atoms with Crippen molar-refractivity contribution in [1.82, 2.24) is 20.3 Å². The van der Waals surface area contributed by atoms with E-state index in [1.165, 1.54) is 7.11 Å². The fourth-order valence-corrected chi connectivity index (χ4v) is 3.13. The molecule has 128 valence electrons. The van der Waals surface area contributed by atoms with Crippen LogP contribution in [0.1, 0.15) is 7.20 Å². The van der Waals surface area contributed by atoms with Crippen molar-refractivity contribution in [2.24, 2.45) is 0 Å². The van der Waals surface area contributed by atoms with E-state index in [1.807, 2.05) is 19.1 Å². The van der Waals surface area contributed by atoms with Crippen LogP contribution in [0.4, 0.5) is 5.82 Å². The SMILES string of the molecule is [2H]c1cc(-c2ccc3nc(C)nc(N4CCNCC4)c3c2)cnc1OC. The molecule has 1 N–H and O–H groups in total. The number of aromatic nitrogens is 3. The number of rotatable bonds is 3. The number of fused-ring (bicyclic) bond motifs is 1. The highest BCUT2D eigenvalue weighted by Crippen LogP contribution is 2.29. The number of hydrogen-bond acceptors (Lipinski definition) is 6. The topological polar surface area (TPSA) is 63.2 Å². The van der Waals surface area contributed by atoms with E-state index in [9.17, 15) is 0 Å². The summed E-state index contributed by atoms with van der Waals surface area (Å²) >= 11 is 0. The first-order valence-corrected chi connectivity index (χ1v) is 8.41. The molecule has 4 rings (SSSR count). The number of nitrogens with one attached hydrogen (secondary N) is 1. The van der Waals surface area contributed by atoms with E-state index in [4.69, 9.17) is 11.1 Å². The van der Waals surface area contributed by atoms with Gasteiger partial charge in [0.25, 0.3) is 0 Å². The summed E-state index contributed by atoms with van der Waals surface area (Å²) < 4.78 is 13.1. The monoisotopic (exact) mass is 336 g/mol. The maximum Gasteiger partial charge on any atom is 0.212 e. The van der Waals surface area contributed by atoms with Gasteiger partial charge in [-0.05, 0) is 30.7 Å². The molecule has 0 unspecified atom stereocenters. The van der Waals surface area contributed by atoms with Gasteiger partial charge in [0.1, 0.15) is 11.6 Å². The van der Waals surface area contributed by atoms with Crippen LogP contribution in [0.3, 0.4) is 0 Å². The third-order valence-electron chi connectivity index (χ3n) is 4.40. The lowest BCUT2D eigenvalue weighted by Gasteiger charge is -2.29. The largest absolute Gasteiger partial charge is 0.481 e. The van der Waals surface area contributed by atoms with E-state index in [0.717, 1.165) is 59.9 Å². The van der Waals surface area contributed by atoms with E-state index >= 15 is 0 Å². The van der Waals surface area contributed by atoms with Crippen molar-refractivity contribution >= 4 is 16.7 Å². The van der Waals surface area contributed by atoms with Crippen molar-refractivity contribution in [3.8, 4) is 17.0 Å². The maximum absolute atomic E-state index is 8.03. The third kappa shape index (κ3) is 3.13. The summed E-state index contributed by atoms with van der Waals surface area (Å²) in [6.45, 7) is 5.69. The lowest BCUT2D eigenvalue weighted by molar-refractivity contribution is 0.398. The minimum Gasteiger partial charge on any atom is -0.481 e. The van der Waals surface area contributed by atoms with Crippen LogP contribution in [0.5, 0.6) is 5.88 Å². The minimum atomic E-state index is 0.271. The highest BCUT2D eigenvalue weighted by Gasteiger charge is 2.16. The normalized spacial score (nSPS) is 15.3. The van der Waals surface area contributed by atoms with E-state index < -0.39 is 0 Å². The summed E-state index contributed by atoms with van der Waals surface area (Å²) in [6.07, 6.45) is 1.73. The Morgan fingerprint density at radius 3 is 2.76 bits per heavy atom. The van der Waals surface area contributed by atoms with Crippen molar-refractivity contribution in [3.05, 3.63) is 42.3 Å².